The number of nitrogens with zero attached hydrogens (tertiary/aromatic N) is 1. The Morgan fingerprint density at radius 3 is 2.43 bits per heavy atom. The molecule has 0 aromatic heterocycles. The number of aliphatic hydroxyl groups excluding tert-OH is 1. The number of urea groups is 1. The van der Waals surface area contributed by atoms with E-state index in [0.29, 0.717) is 12.5 Å². The summed E-state index contributed by atoms with van der Waals surface area (Å²) in [6.45, 7) is 6.10. The first-order valence-electron chi connectivity index (χ1n) is 8.87. The topological polar surface area (TPSA) is 81.7 Å². The van der Waals surface area contributed by atoms with Gasteiger partial charge in [-0.3, -0.25) is 4.79 Å². The summed E-state index contributed by atoms with van der Waals surface area (Å²) in [5.41, 5.74) is 0.165. The molecule has 3 amide bonds. The van der Waals surface area contributed by atoms with Crippen molar-refractivity contribution in [2.75, 3.05) is 26.2 Å². The van der Waals surface area contributed by atoms with Gasteiger partial charge in [0.1, 0.15) is 0 Å². The fraction of sp³-hybridized carbons (Fsp3) is 0.882. The van der Waals surface area contributed by atoms with Crippen LogP contribution < -0.4 is 10.6 Å². The predicted molar refractivity (Wildman–Crippen MR) is 89.0 cm³/mol. The van der Waals surface area contributed by atoms with Crippen molar-refractivity contribution >= 4 is 11.9 Å². The number of hydrogen-bond donors (Lipinski definition) is 3. The molecule has 1 aliphatic heterocycles. The van der Waals surface area contributed by atoms with Gasteiger partial charge in [0, 0.05) is 39.2 Å². The SMILES string of the molecule is CC(=O)N1CCC(NC(=O)NCC2([C@H](C)CCO)CCC2)CC1. The summed E-state index contributed by atoms with van der Waals surface area (Å²) in [5, 5.41) is 15.2. The number of rotatable bonds is 6. The Labute approximate surface area is 139 Å². The first-order chi connectivity index (χ1) is 11.0. The fourth-order valence-corrected chi connectivity index (χ4v) is 3.81. The highest BCUT2D eigenvalue weighted by Crippen LogP contribution is 2.47. The molecule has 132 valence electrons. The second kappa shape index (κ2) is 7.99. The van der Waals surface area contributed by atoms with Crippen molar-refractivity contribution in [3.8, 4) is 0 Å². The molecule has 0 unspecified atom stereocenters. The van der Waals surface area contributed by atoms with E-state index in [2.05, 4.69) is 17.6 Å². The van der Waals surface area contributed by atoms with Crippen molar-refractivity contribution in [3.05, 3.63) is 0 Å². The molecule has 0 aromatic rings. The zero-order valence-corrected chi connectivity index (χ0v) is 14.4. The fourth-order valence-electron chi connectivity index (χ4n) is 3.81. The molecule has 2 aliphatic rings. The molecule has 1 saturated heterocycles. The van der Waals surface area contributed by atoms with Gasteiger partial charge in [-0.15, -0.1) is 0 Å². The second-order valence-electron chi connectivity index (χ2n) is 7.24. The summed E-state index contributed by atoms with van der Waals surface area (Å²) in [6, 6.07) is 0.0477. The Hall–Kier alpha value is -1.30. The Bertz CT molecular complexity index is 415. The Morgan fingerprint density at radius 2 is 1.96 bits per heavy atom. The van der Waals surface area contributed by atoms with E-state index in [4.69, 9.17) is 5.11 Å². The van der Waals surface area contributed by atoms with Crippen LogP contribution in [0.5, 0.6) is 0 Å². The van der Waals surface area contributed by atoms with Crippen LogP contribution in [0.25, 0.3) is 0 Å². The van der Waals surface area contributed by atoms with Gasteiger partial charge in [-0.2, -0.15) is 0 Å². The van der Waals surface area contributed by atoms with E-state index in [9.17, 15) is 9.59 Å². The Kier molecular flexibility index (Phi) is 6.27. The summed E-state index contributed by atoms with van der Waals surface area (Å²) < 4.78 is 0. The molecule has 1 saturated carbocycles. The Balaban J connectivity index is 1.72. The van der Waals surface area contributed by atoms with Crippen molar-refractivity contribution in [2.24, 2.45) is 11.3 Å². The van der Waals surface area contributed by atoms with Crippen molar-refractivity contribution in [1.29, 1.82) is 0 Å². The van der Waals surface area contributed by atoms with Crippen LogP contribution in [0.1, 0.15) is 52.4 Å². The third kappa shape index (κ3) is 4.59. The lowest BCUT2D eigenvalue weighted by Gasteiger charge is -2.47. The lowest BCUT2D eigenvalue weighted by Crippen LogP contribution is -2.52. The molecule has 1 atom stereocenters. The van der Waals surface area contributed by atoms with E-state index in [0.717, 1.165) is 45.2 Å². The predicted octanol–water partition coefficient (Wildman–Crippen LogP) is 1.49. The van der Waals surface area contributed by atoms with Crippen LogP contribution in [-0.2, 0) is 4.79 Å². The van der Waals surface area contributed by atoms with Crippen LogP contribution in [-0.4, -0.2) is 54.2 Å². The van der Waals surface area contributed by atoms with E-state index in [1.54, 1.807) is 6.92 Å². The molecule has 0 bridgehead atoms. The number of likely N-dealkylation sites (tertiary alicyclic amines) is 1. The molecule has 1 heterocycles. The van der Waals surface area contributed by atoms with Gasteiger partial charge in [0.25, 0.3) is 0 Å². The molecular weight excluding hydrogens is 294 g/mol. The van der Waals surface area contributed by atoms with Crippen molar-refractivity contribution in [2.45, 2.75) is 58.4 Å². The van der Waals surface area contributed by atoms with Crippen molar-refractivity contribution in [3.63, 3.8) is 0 Å². The lowest BCUT2D eigenvalue weighted by molar-refractivity contribution is -0.129. The van der Waals surface area contributed by atoms with Crippen LogP contribution in [0, 0.1) is 11.3 Å². The minimum atomic E-state index is -0.103. The van der Waals surface area contributed by atoms with Gasteiger partial charge in [-0.05, 0) is 43.4 Å². The van der Waals surface area contributed by atoms with Gasteiger partial charge in [-0.25, -0.2) is 4.79 Å². The van der Waals surface area contributed by atoms with E-state index < -0.39 is 0 Å². The maximum atomic E-state index is 12.1. The molecule has 6 nitrogen and oxygen atoms in total. The van der Waals surface area contributed by atoms with E-state index in [-0.39, 0.29) is 30.0 Å². The number of piperidine rings is 1. The highest BCUT2D eigenvalue weighted by atomic mass is 16.3. The second-order valence-corrected chi connectivity index (χ2v) is 7.24. The minimum absolute atomic E-state index is 0.103. The van der Waals surface area contributed by atoms with E-state index in [1.165, 1.54) is 6.42 Å². The first kappa shape index (κ1) is 18.0. The summed E-state index contributed by atoms with van der Waals surface area (Å²) in [4.78, 5) is 25.3. The third-order valence-corrected chi connectivity index (χ3v) is 5.83. The number of amides is 3. The van der Waals surface area contributed by atoms with Crippen LogP contribution >= 0.6 is 0 Å². The van der Waals surface area contributed by atoms with Gasteiger partial charge in [0.15, 0.2) is 0 Å². The molecule has 0 spiro atoms. The van der Waals surface area contributed by atoms with Gasteiger partial charge < -0.3 is 20.6 Å². The van der Waals surface area contributed by atoms with Gasteiger partial charge in [0.2, 0.25) is 5.91 Å². The smallest absolute Gasteiger partial charge is 0.315 e. The highest BCUT2D eigenvalue weighted by Gasteiger charge is 2.41. The molecule has 0 radical (unpaired) electrons. The minimum Gasteiger partial charge on any atom is -0.396 e. The summed E-state index contributed by atoms with van der Waals surface area (Å²) in [5.74, 6) is 0.540. The number of hydrogen-bond acceptors (Lipinski definition) is 3. The maximum absolute atomic E-state index is 12.1. The maximum Gasteiger partial charge on any atom is 0.315 e. The molecular formula is C17H31N3O3. The summed E-state index contributed by atoms with van der Waals surface area (Å²) in [6.07, 6.45) is 5.91. The normalized spacial score (nSPS) is 22.1. The highest BCUT2D eigenvalue weighted by molar-refractivity contribution is 5.75. The van der Waals surface area contributed by atoms with E-state index >= 15 is 0 Å². The van der Waals surface area contributed by atoms with Crippen LogP contribution in [0.15, 0.2) is 0 Å². The number of carbonyl (C=O) groups is 2. The summed E-state index contributed by atoms with van der Waals surface area (Å²) >= 11 is 0. The molecule has 1 aliphatic carbocycles. The molecule has 0 aromatic carbocycles. The number of nitrogens with one attached hydrogen (secondary N) is 2. The monoisotopic (exact) mass is 325 g/mol. The van der Waals surface area contributed by atoms with Crippen LogP contribution in [0.2, 0.25) is 0 Å². The van der Waals surface area contributed by atoms with Crippen molar-refractivity contribution in [1.82, 2.24) is 15.5 Å². The Morgan fingerprint density at radius 1 is 1.30 bits per heavy atom. The quantitative estimate of drug-likeness (QED) is 0.692. The zero-order chi connectivity index (χ0) is 16.9. The van der Waals surface area contributed by atoms with Gasteiger partial charge in [-0.1, -0.05) is 13.3 Å². The van der Waals surface area contributed by atoms with Gasteiger partial charge in [0.05, 0.1) is 0 Å². The molecule has 2 fully saturated rings. The molecule has 2 rings (SSSR count). The number of aliphatic hydroxyl groups is 1. The molecule has 23 heavy (non-hydrogen) atoms. The molecule has 3 N–H and O–H groups in total. The zero-order valence-electron chi connectivity index (χ0n) is 14.4. The van der Waals surface area contributed by atoms with E-state index in [1.807, 2.05) is 4.90 Å². The third-order valence-electron chi connectivity index (χ3n) is 5.83. The average Bonchev–Trinajstić information content (AvgIpc) is 2.47. The van der Waals surface area contributed by atoms with Gasteiger partial charge >= 0.3 is 6.03 Å². The average molecular weight is 325 g/mol. The van der Waals surface area contributed by atoms with Crippen LogP contribution in [0.3, 0.4) is 0 Å². The lowest BCUT2D eigenvalue weighted by atomic mass is 9.60. The largest absolute Gasteiger partial charge is 0.396 e. The van der Waals surface area contributed by atoms with Crippen LogP contribution in [0.4, 0.5) is 4.79 Å². The number of carbonyl (C=O) groups excluding carboxylic acids is 2. The van der Waals surface area contributed by atoms with Crippen molar-refractivity contribution < 1.29 is 14.7 Å². The summed E-state index contributed by atoms with van der Waals surface area (Å²) in [7, 11) is 0. The standard InChI is InChI=1S/C17H31N3O3/c1-13(6-11-21)17(7-3-8-17)12-18-16(23)19-15-4-9-20(10-5-15)14(2)22/h13,15,21H,3-12H2,1-2H3,(H2,18,19,23)/t13-/m1/s1. The first-order valence-corrected chi connectivity index (χ1v) is 8.87. The molecule has 6 heteroatoms.